The first-order valence-electron chi connectivity index (χ1n) is 4.39. The van der Waals surface area contributed by atoms with Crippen molar-refractivity contribution in [3.63, 3.8) is 0 Å². The minimum atomic E-state index is -4.51. The van der Waals surface area contributed by atoms with Gasteiger partial charge in [0.25, 0.3) is 0 Å². The third-order valence-electron chi connectivity index (χ3n) is 1.84. The lowest BCUT2D eigenvalue weighted by molar-refractivity contribution is -0.136. The maximum atomic E-state index is 12.1. The Morgan fingerprint density at radius 1 is 1.44 bits per heavy atom. The van der Waals surface area contributed by atoms with Gasteiger partial charge in [-0.05, 0) is 19.1 Å². The summed E-state index contributed by atoms with van der Waals surface area (Å²) < 4.78 is 36.4. The van der Waals surface area contributed by atoms with E-state index in [1.54, 1.807) is 6.92 Å². The summed E-state index contributed by atoms with van der Waals surface area (Å²) in [6.07, 6.45) is -2.56. The molecule has 0 radical (unpaired) electrons. The van der Waals surface area contributed by atoms with Crippen molar-refractivity contribution < 1.29 is 13.2 Å². The largest absolute Gasteiger partial charge is 0.407 e. The van der Waals surface area contributed by atoms with Gasteiger partial charge in [0.05, 0.1) is 11.4 Å². The molecule has 0 saturated heterocycles. The third kappa shape index (κ3) is 3.20. The Kier molecular flexibility index (Phi) is 3.48. The van der Waals surface area contributed by atoms with Crippen LogP contribution in [0.4, 0.5) is 13.2 Å². The lowest BCUT2D eigenvalue weighted by Gasteiger charge is -2.12. The van der Waals surface area contributed by atoms with Crippen LogP contribution in [0.1, 0.15) is 11.4 Å². The van der Waals surface area contributed by atoms with Crippen molar-refractivity contribution in [3.8, 4) is 0 Å². The summed E-state index contributed by atoms with van der Waals surface area (Å²) in [7, 11) is 0. The summed E-state index contributed by atoms with van der Waals surface area (Å²) in [6.45, 7) is 1.68. The first-order valence-corrected chi connectivity index (χ1v) is 4.39. The molecule has 16 heavy (non-hydrogen) atoms. The lowest BCUT2D eigenvalue weighted by atomic mass is 10.2. The van der Waals surface area contributed by atoms with Crippen LogP contribution in [0, 0.1) is 6.92 Å². The van der Waals surface area contributed by atoms with E-state index in [0.29, 0.717) is 5.69 Å². The molecule has 4 nitrogen and oxygen atoms in total. The van der Waals surface area contributed by atoms with Crippen molar-refractivity contribution in [2.75, 3.05) is 0 Å². The first-order chi connectivity index (χ1) is 7.30. The zero-order valence-electron chi connectivity index (χ0n) is 8.49. The second kappa shape index (κ2) is 4.48. The van der Waals surface area contributed by atoms with E-state index in [0.717, 1.165) is 6.08 Å². The standard InChI is InChI=1S/C9H11F3N4/c1-5-2-7(16-4-15-5)6(13)3-8(14)9(10,11)12/h2-4,8H,13-14H2,1H3. The minimum Gasteiger partial charge on any atom is -0.397 e. The van der Waals surface area contributed by atoms with E-state index in [2.05, 4.69) is 9.97 Å². The van der Waals surface area contributed by atoms with E-state index in [9.17, 15) is 13.2 Å². The van der Waals surface area contributed by atoms with E-state index < -0.39 is 12.2 Å². The highest BCUT2D eigenvalue weighted by Crippen LogP contribution is 2.20. The maximum absolute atomic E-state index is 12.1. The number of nitrogens with zero attached hydrogens (tertiary/aromatic N) is 2. The Bertz CT molecular complexity index is 400. The molecule has 0 amide bonds. The van der Waals surface area contributed by atoms with Gasteiger partial charge in [0.1, 0.15) is 12.4 Å². The molecule has 0 aliphatic carbocycles. The number of aromatic nitrogens is 2. The van der Waals surface area contributed by atoms with Crippen LogP contribution in [-0.2, 0) is 0 Å². The van der Waals surface area contributed by atoms with Gasteiger partial charge < -0.3 is 11.5 Å². The van der Waals surface area contributed by atoms with E-state index >= 15 is 0 Å². The molecule has 0 fully saturated rings. The number of aryl methyl sites for hydroxylation is 1. The molecule has 4 N–H and O–H groups in total. The second-order valence-corrected chi connectivity index (χ2v) is 3.23. The van der Waals surface area contributed by atoms with Crippen LogP contribution in [0.5, 0.6) is 0 Å². The number of alkyl halides is 3. The fourth-order valence-electron chi connectivity index (χ4n) is 0.986. The summed E-state index contributed by atoms with van der Waals surface area (Å²) in [5.41, 5.74) is 11.1. The van der Waals surface area contributed by atoms with Gasteiger partial charge in [-0.25, -0.2) is 9.97 Å². The van der Waals surface area contributed by atoms with Gasteiger partial charge in [-0.15, -0.1) is 0 Å². The molecule has 0 spiro atoms. The normalized spacial score (nSPS) is 14.9. The van der Waals surface area contributed by atoms with Crippen molar-refractivity contribution in [3.05, 3.63) is 29.9 Å². The van der Waals surface area contributed by atoms with Crippen LogP contribution in [0.2, 0.25) is 0 Å². The molecule has 1 atom stereocenters. The lowest BCUT2D eigenvalue weighted by Crippen LogP contribution is -2.36. The zero-order valence-corrected chi connectivity index (χ0v) is 8.49. The molecule has 1 heterocycles. The molecule has 0 aliphatic rings. The van der Waals surface area contributed by atoms with E-state index in [-0.39, 0.29) is 11.4 Å². The van der Waals surface area contributed by atoms with Crippen LogP contribution in [0.15, 0.2) is 18.5 Å². The van der Waals surface area contributed by atoms with E-state index in [4.69, 9.17) is 11.5 Å². The fourth-order valence-corrected chi connectivity index (χ4v) is 0.986. The molecule has 0 bridgehead atoms. The molecule has 1 unspecified atom stereocenters. The van der Waals surface area contributed by atoms with Gasteiger partial charge in [-0.2, -0.15) is 13.2 Å². The number of hydrogen-bond donors (Lipinski definition) is 2. The smallest absolute Gasteiger partial charge is 0.397 e. The molecule has 7 heteroatoms. The van der Waals surface area contributed by atoms with E-state index in [1.807, 2.05) is 0 Å². The molecule has 88 valence electrons. The molecular weight excluding hydrogens is 221 g/mol. The Morgan fingerprint density at radius 2 is 2.06 bits per heavy atom. The predicted molar refractivity (Wildman–Crippen MR) is 53.0 cm³/mol. The highest BCUT2D eigenvalue weighted by molar-refractivity contribution is 5.59. The maximum Gasteiger partial charge on any atom is 0.407 e. The van der Waals surface area contributed by atoms with Gasteiger partial charge >= 0.3 is 6.18 Å². The Morgan fingerprint density at radius 3 is 2.56 bits per heavy atom. The highest BCUT2D eigenvalue weighted by atomic mass is 19.4. The molecule has 0 saturated carbocycles. The van der Waals surface area contributed by atoms with Gasteiger partial charge in [0.2, 0.25) is 0 Å². The van der Waals surface area contributed by atoms with E-state index in [1.165, 1.54) is 12.4 Å². The van der Waals surface area contributed by atoms with Crippen LogP contribution in [-0.4, -0.2) is 22.2 Å². The van der Waals surface area contributed by atoms with Crippen molar-refractivity contribution in [1.29, 1.82) is 0 Å². The molecular formula is C9H11F3N4. The van der Waals surface area contributed by atoms with Crippen molar-refractivity contribution in [1.82, 2.24) is 9.97 Å². The van der Waals surface area contributed by atoms with Crippen molar-refractivity contribution in [2.45, 2.75) is 19.1 Å². The Labute approximate surface area is 90.2 Å². The van der Waals surface area contributed by atoms with Gasteiger partial charge in [0, 0.05) is 5.69 Å². The van der Waals surface area contributed by atoms with Crippen molar-refractivity contribution in [2.24, 2.45) is 11.5 Å². The quantitative estimate of drug-likeness (QED) is 0.796. The molecule has 0 aliphatic heterocycles. The zero-order chi connectivity index (χ0) is 12.3. The number of nitrogens with two attached hydrogens (primary N) is 2. The van der Waals surface area contributed by atoms with Crippen LogP contribution < -0.4 is 11.5 Å². The van der Waals surface area contributed by atoms with Gasteiger partial charge in [-0.3, -0.25) is 0 Å². The summed E-state index contributed by atoms with van der Waals surface area (Å²) in [5.74, 6) is 0. The number of rotatable bonds is 2. The molecule has 0 aromatic carbocycles. The number of halogens is 3. The average molecular weight is 232 g/mol. The fraction of sp³-hybridized carbons (Fsp3) is 0.333. The first kappa shape index (κ1) is 12.4. The summed E-state index contributed by atoms with van der Waals surface area (Å²) in [5, 5.41) is 0. The highest BCUT2D eigenvalue weighted by Gasteiger charge is 2.35. The van der Waals surface area contributed by atoms with Crippen LogP contribution in [0.25, 0.3) is 5.70 Å². The second-order valence-electron chi connectivity index (χ2n) is 3.23. The van der Waals surface area contributed by atoms with Crippen molar-refractivity contribution >= 4 is 5.70 Å². The summed E-state index contributed by atoms with van der Waals surface area (Å²) >= 11 is 0. The minimum absolute atomic E-state index is 0.115. The predicted octanol–water partition coefficient (Wildman–Crippen LogP) is 0.974. The molecule has 1 aromatic rings. The summed E-state index contributed by atoms with van der Waals surface area (Å²) in [6, 6.07) is -0.614. The summed E-state index contributed by atoms with van der Waals surface area (Å²) in [4.78, 5) is 7.55. The Balaban J connectivity index is 2.94. The van der Waals surface area contributed by atoms with Crippen LogP contribution >= 0.6 is 0 Å². The van der Waals surface area contributed by atoms with Gasteiger partial charge in [0.15, 0.2) is 0 Å². The molecule has 1 rings (SSSR count). The Hall–Kier alpha value is -1.63. The van der Waals surface area contributed by atoms with Gasteiger partial charge in [-0.1, -0.05) is 0 Å². The topological polar surface area (TPSA) is 77.8 Å². The average Bonchev–Trinajstić information content (AvgIpc) is 2.16. The monoisotopic (exact) mass is 232 g/mol. The SMILES string of the molecule is Cc1cc(C(N)=CC(N)C(F)(F)F)ncn1. The number of hydrogen-bond acceptors (Lipinski definition) is 4. The molecule has 1 aromatic heterocycles. The third-order valence-corrected chi connectivity index (χ3v) is 1.84. The van der Waals surface area contributed by atoms with Crippen LogP contribution in [0.3, 0.4) is 0 Å².